The number of rotatable bonds is 2. The van der Waals surface area contributed by atoms with Gasteiger partial charge >= 0.3 is 0 Å². The summed E-state index contributed by atoms with van der Waals surface area (Å²) >= 11 is 9.69. The van der Waals surface area contributed by atoms with E-state index in [2.05, 4.69) is 22.5 Å². The van der Waals surface area contributed by atoms with E-state index in [0.717, 1.165) is 15.7 Å². The molecule has 1 fully saturated rings. The molecular weight excluding hydrogens is 302 g/mol. The van der Waals surface area contributed by atoms with Crippen molar-refractivity contribution in [3.8, 4) is 0 Å². The van der Waals surface area contributed by atoms with Crippen molar-refractivity contribution in [2.24, 2.45) is 5.92 Å². The molecule has 1 unspecified atom stereocenters. The highest BCUT2D eigenvalue weighted by Gasteiger charge is 2.31. The van der Waals surface area contributed by atoms with Crippen LogP contribution >= 0.6 is 27.5 Å². The Morgan fingerprint density at radius 3 is 2.82 bits per heavy atom. The van der Waals surface area contributed by atoms with Gasteiger partial charge in [0.05, 0.1) is 10.7 Å². The van der Waals surface area contributed by atoms with Crippen LogP contribution in [0.25, 0.3) is 0 Å². The first-order valence-electron chi connectivity index (χ1n) is 5.41. The fourth-order valence-corrected chi connectivity index (χ4v) is 3.34. The smallest absolute Gasteiger partial charge is 0.227 e. The lowest BCUT2D eigenvalue weighted by Crippen LogP contribution is -2.25. The number of amides is 1. The topological polar surface area (TPSA) is 20.3 Å². The van der Waals surface area contributed by atoms with Crippen molar-refractivity contribution in [2.75, 3.05) is 11.4 Å². The molecular formula is C13H13BrClNO. The lowest BCUT2D eigenvalue weighted by molar-refractivity contribution is -0.117. The average Bonchev–Trinajstić information content (AvgIpc) is 2.59. The maximum Gasteiger partial charge on any atom is 0.227 e. The zero-order chi connectivity index (χ0) is 12.6. The van der Waals surface area contributed by atoms with E-state index in [1.807, 2.05) is 25.1 Å². The minimum atomic E-state index is 0.0985. The lowest BCUT2D eigenvalue weighted by Gasteiger charge is -2.20. The zero-order valence-electron chi connectivity index (χ0n) is 9.54. The van der Waals surface area contributed by atoms with Crippen LogP contribution in [0.2, 0.25) is 5.02 Å². The van der Waals surface area contributed by atoms with Crippen LogP contribution < -0.4 is 4.90 Å². The Labute approximate surface area is 114 Å². The van der Waals surface area contributed by atoms with E-state index in [-0.39, 0.29) is 11.8 Å². The van der Waals surface area contributed by atoms with Crippen LogP contribution in [0.3, 0.4) is 0 Å². The predicted octanol–water partition coefficient (Wildman–Crippen LogP) is 3.95. The highest BCUT2D eigenvalue weighted by atomic mass is 79.9. The van der Waals surface area contributed by atoms with Crippen LogP contribution in [0, 0.1) is 12.8 Å². The number of carbonyl (C=O) groups excluding carboxylic acids is 1. The van der Waals surface area contributed by atoms with Gasteiger partial charge in [-0.25, -0.2) is 0 Å². The second-order valence-corrected chi connectivity index (χ2v) is 5.54. The maximum atomic E-state index is 11.9. The van der Waals surface area contributed by atoms with Crippen LogP contribution in [0.15, 0.2) is 29.3 Å². The first-order chi connectivity index (χ1) is 8.02. The number of hydrogen-bond donors (Lipinski definition) is 0. The normalized spacial score (nSPS) is 19.8. The van der Waals surface area contributed by atoms with Gasteiger partial charge in [-0.05, 0) is 40.5 Å². The summed E-state index contributed by atoms with van der Waals surface area (Å²) in [6.45, 7) is 6.37. The highest BCUT2D eigenvalue weighted by Crippen LogP contribution is 2.38. The molecule has 0 aromatic heterocycles. The van der Waals surface area contributed by atoms with Crippen LogP contribution in [-0.2, 0) is 4.79 Å². The van der Waals surface area contributed by atoms with Crippen molar-refractivity contribution in [3.63, 3.8) is 0 Å². The van der Waals surface area contributed by atoms with Gasteiger partial charge in [0.2, 0.25) is 5.91 Å². The Kier molecular flexibility index (Phi) is 3.59. The molecule has 2 rings (SSSR count). The quantitative estimate of drug-likeness (QED) is 0.757. The largest absolute Gasteiger partial charge is 0.309 e. The van der Waals surface area contributed by atoms with E-state index in [1.54, 1.807) is 4.90 Å². The number of carbonyl (C=O) groups is 1. The standard InChI is InChI=1S/C13H13BrClNO/c1-3-9-6-12(17)16(7-9)13-10(14)4-8(2)5-11(13)15/h3-5,9H,1,6-7H2,2H3. The Morgan fingerprint density at radius 2 is 2.29 bits per heavy atom. The highest BCUT2D eigenvalue weighted by molar-refractivity contribution is 9.10. The molecule has 1 aliphatic heterocycles. The minimum Gasteiger partial charge on any atom is -0.309 e. The van der Waals surface area contributed by atoms with Gasteiger partial charge in [0, 0.05) is 23.4 Å². The summed E-state index contributed by atoms with van der Waals surface area (Å²) in [6.07, 6.45) is 2.34. The van der Waals surface area contributed by atoms with E-state index in [9.17, 15) is 4.79 Å². The van der Waals surface area contributed by atoms with E-state index in [4.69, 9.17) is 11.6 Å². The molecule has 2 nitrogen and oxygen atoms in total. The summed E-state index contributed by atoms with van der Waals surface area (Å²) in [7, 11) is 0. The molecule has 0 saturated carbocycles. The van der Waals surface area contributed by atoms with Crippen molar-refractivity contribution < 1.29 is 4.79 Å². The first-order valence-corrected chi connectivity index (χ1v) is 6.58. The van der Waals surface area contributed by atoms with Crippen molar-refractivity contribution in [1.29, 1.82) is 0 Å². The SMILES string of the molecule is C=CC1CC(=O)N(c2c(Cl)cc(C)cc2Br)C1. The summed E-state index contributed by atoms with van der Waals surface area (Å²) in [5, 5.41) is 0.606. The third-order valence-corrected chi connectivity index (χ3v) is 3.81. The van der Waals surface area contributed by atoms with Gasteiger partial charge in [0.15, 0.2) is 0 Å². The number of nitrogens with zero attached hydrogens (tertiary/aromatic N) is 1. The first kappa shape index (κ1) is 12.7. The van der Waals surface area contributed by atoms with Gasteiger partial charge in [0.25, 0.3) is 0 Å². The summed E-state index contributed by atoms with van der Waals surface area (Å²) in [6, 6.07) is 3.84. The van der Waals surface area contributed by atoms with Crippen molar-refractivity contribution >= 4 is 39.1 Å². The Hall–Kier alpha value is -0.800. The predicted molar refractivity (Wildman–Crippen MR) is 74.5 cm³/mol. The Bertz CT molecular complexity index is 463. The van der Waals surface area contributed by atoms with Crippen LogP contribution in [-0.4, -0.2) is 12.5 Å². The van der Waals surface area contributed by atoms with Gasteiger partial charge in [-0.2, -0.15) is 0 Å². The molecule has 1 saturated heterocycles. The lowest BCUT2D eigenvalue weighted by atomic mass is 10.1. The molecule has 4 heteroatoms. The van der Waals surface area contributed by atoms with Gasteiger partial charge in [-0.15, -0.1) is 6.58 Å². The Morgan fingerprint density at radius 1 is 1.59 bits per heavy atom. The number of aryl methyl sites for hydroxylation is 1. The van der Waals surface area contributed by atoms with E-state index in [0.29, 0.717) is 18.0 Å². The summed E-state index contributed by atoms with van der Waals surface area (Å²) in [4.78, 5) is 13.7. The molecule has 17 heavy (non-hydrogen) atoms. The molecule has 1 aliphatic rings. The molecule has 1 atom stereocenters. The summed E-state index contributed by atoms with van der Waals surface area (Å²) < 4.78 is 0.862. The Balaban J connectivity index is 2.41. The maximum absolute atomic E-state index is 11.9. The monoisotopic (exact) mass is 313 g/mol. The van der Waals surface area contributed by atoms with Crippen LogP contribution in [0.4, 0.5) is 5.69 Å². The van der Waals surface area contributed by atoms with Crippen molar-refractivity contribution in [3.05, 3.63) is 39.8 Å². The molecule has 1 amide bonds. The molecule has 0 spiro atoms. The van der Waals surface area contributed by atoms with Gasteiger partial charge in [0.1, 0.15) is 0 Å². The van der Waals surface area contributed by atoms with Crippen LogP contribution in [0.1, 0.15) is 12.0 Å². The molecule has 0 N–H and O–H groups in total. The summed E-state index contributed by atoms with van der Waals surface area (Å²) in [5.74, 6) is 0.313. The number of anilines is 1. The van der Waals surface area contributed by atoms with E-state index >= 15 is 0 Å². The number of hydrogen-bond acceptors (Lipinski definition) is 1. The third-order valence-electron chi connectivity index (χ3n) is 2.92. The van der Waals surface area contributed by atoms with Gasteiger partial charge < -0.3 is 4.90 Å². The van der Waals surface area contributed by atoms with Crippen molar-refractivity contribution in [2.45, 2.75) is 13.3 Å². The fraction of sp³-hybridized carbons (Fsp3) is 0.308. The van der Waals surface area contributed by atoms with Crippen molar-refractivity contribution in [1.82, 2.24) is 0 Å². The van der Waals surface area contributed by atoms with Gasteiger partial charge in [-0.3, -0.25) is 4.79 Å². The average molecular weight is 315 g/mol. The minimum absolute atomic E-state index is 0.0985. The number of benzene rings is 1. The van der Waals surface area contributed by atoms with Gasteiger partial charge in [-0.1, -0.05) is 17.7 Å². The molecule has 1 heterocycles. The zero-order valence-corrected chi connectivity index (χ0v) is 11.9. The van der Waals surface area contributed by atoms with E-state index in [1.165, 1.54) is 0 Å². The second-order valence-electron chi connectivity index (χ2n) is 4.28. The number of halogens is 2. The molecule has 0 bridgehead atoms. The third kappa shape index (κ3) is 2.40. The molecule has 90 valence electrons. The molecule has 0 aliphatic carbocycles. The second kappa shape index (κ2) is 4.83. The molecule has 0 radical (unpaired) electrons. The molecule has 1 aromatic carbocycles. The van der Waals surface area contributed by atoms with E-state index < -0.39 is 0 Å². The fourth-order valence-electron chi connectivity index (χ4n) is 2.06. The molecule has 1 aromatic rings. The van der Waals surface area contributed by atoms with Crippen LogP contribution in [0.5, 0.6) is 0 Å². The summed E-state index contributed by atoms with van der Waals surface area (Å²) in [5.41, 5.74) is 1.84.